The molecule has 4 nitrogen and oxygen atoms in total. The molecule has 2 aromatic rings. The maximum atomic E-state index is 13.2. The Labute approximate surface area is 198 Å². The quantitative estimate of drug-likeness (QED) is 0.523. The van der Waals surface area contributed by atoms with E-state index in [0.29, 0.717) is 15.1 Å². The van der Waals surface area contributed by atoms with Crippen LogP contribution in [0, 0.1) is 0 Å². The highest BCUT2D eigenvalue weighted by atomic mass is 35.5. The van der Waals surface area contributed by atoms with Crippen molar-refractivity contribution in [2.45, 2.75) is 64.1 Å². The van der Waals surface area contributed by atoms with Gasteiger partial charge in [0.2, 0.25) is 11.8 Å². The van der Waals surface area contributed by atoms with Gasteiger partial charge in [-0.25, -0.2) is 0 Å². The minimum Gasteiger partial charge on any atom is -0.352 e. The zero-order valence-electron chi connectivity index (χ0n) is 17.5. The van der Waals surface area contributed by atoms with Crippen molar-refractivity contribution >= 4 is 46.6 Å². The largest absolute Gasteiger partial charge is 0.352 e. The van der Waals surface area contributed by atoms with Crippen LogP contribution in [0.25, 0.3) is 0 Å². The third-order valence-corrected chi connectivity index (χ3v) is 6.72. The summed E-state index contributed by atoms with van der Waals surface area (Å²) < 4.78 is 0. The average Bonchev–Trinajstić information content (AvgIpc) is 2.76. The summed E-state index contributed by atoms with van der Waals surface area (Å²) in [5.74, 6) is -0.267. The maximum Gasteiger partial charge on any atom is 0.242 e. The molecule has 2 amide bonds. The molecule has 3 rings (SSSR count). The van der Waals surface area contributed by atoms with E-state index in [1.807, 2.05) is 18.2 Å². The van der Waals surface area contributed by atoms with Crippen molar-refractivity contribution < 1.29 is 9.59 Å². The van der Waals surface area contributed by atoms with E-state index < -0.39 is 6.04 Å². The second kappa shape index (κ2) is 11.2. The summed E-state index contributed by atoms with van der Waals surface area (Å²) in [5, 5.41) is 4.62. The predicted octanol–water partition coefficient (Wildman–Crippen LogP) is 6.06. The smallest absolute Gasteiger partial charge is 0.242 e. The first-order valence-electron chi connectivity index (χ1n) is 10.6. The molecule has 166 valence electrons. The molecule has 1 fully saturated rings. The molecule has 1 atom stereocenters. The van der Waals surface area contributed by atoms with Gasteiger partial charge in [-0.05, 0) is 55.2 Å². The fourth-order valence-electron chi connectivity index (χ4n) is 3.86. The van der Waals surface area contributed by atoms with Crippen LogP contribution in [-0.4, -0.2) is 28.8 Å². The Bertz CT molecular complexity index is 912. The monoisotopic (exact) mass is 480 g/mol. The molecule has 0 bridgehead atoms. The topological polar surface area (TPSA) is 49.4 Å². The van der Waals surface area contributed by atoms with Crippen LogP contribution in [0.2, 0.25) is 15.1 Å². The number of hydrogen-bond donors (Lipinski definition) is 1. The molecule has 0 unspecified atom stereocenters. The van der Waals surface area contributed by atoms with Crippen LogP contribution < -0.4 is 5.32 Å². The van der Waals surface area contributed by atoms with E-state index in [2.05, 4.69) is 5.32 Å². The maximum absolute atomic E-state index is 13.2. The minimum atomic E-state index is -0.615. The first kappa shape index (κ1) is 23.9. The van der Waals surface area contributed by atoms with Crippen molar-refractivity contribution in [3.05, 3.63) is 68.7 Å². The highest BCUT2D eigenvalue weighted by molar-refractivity contribution is 6.42. The van der Waals surface area contributed by atoms with E-state index in [-0.39, 0.29) is 30.8 Å². The van der Waals surface area contributed by atoms with E-state index >= 15 is 0 Å². The van der Waals surface area contributed by atoms with E-state index in [1.165, 1.54) is 6.42 Å². The lowest BCUT2D eigenvalue weighted by Gasteiger charge is -2.31. The number of amides is 2. The molecule has 7 heteroatoms. The molecule has 2 aromatic carbocycles. The van der Waals surface area contributed by atoms with E-state index in [4.69, 9.17) is 34.8 Å². The van der Waals surface area contributed by atoms with E-state index in [1.54, 1.807) is 36.1 Å². The number of carbonyl (C=O) groups excluding carboxylic acids is 2. The Hall–Kier alpha value is -1.75. The molecule has 0 heterocycles. The van der Waals surface area contributed by atoms with Gasteiger partial charge in [0.25, 0.3) is 0 Å². The van der Waals surface area contributed by atoms with Crippen molar-refractivity contribution in [1.29, 1.82) is 0 Å². The third-order valence-electron chi connectivity index (χ3n) is 5.72. The van der Waals surface area contributed by atoms with Gasteiger partial charge in [-0.15, -0.1) is 0 Å². The van der Waals surface area contributed by atoms with E-state index in [9.17, 15) is 9.59 Å². The second-order valence-corrected chi connectivity index (χ2v) is 9.34. The van der Waals surface area contributed by atoms with E-state index in [0.717, 1.165) is 36.8 Å². The lowest BCUT2D eigenvalue weighted by Crippen LogP contribution is -2.50. The number of benzene rings is 2. The number of nitrogens with zero attached hydrogens (tertiary/aromatic N) is 1. The third kappa shape index (κ3) is 6.86. The number of carbonyl (C=O) groups is 2. The molecule has 1 aliphatic rings. The highest BCUT2D eigenvalue weighted by Crippen LogP contribution is 2.24. The van der Waals surface area contributed by atoms with Crippen LogP contribution >= 0.6 is 34.8 Å². The summed E-state index contributed by atoms with van der Waals surface area (Å²) >= 11 is 18.2. The van der Waals surface area contributed by atoms with Gasteiger partial charge < -0.3 is 10.2 Å². The van der Waals surface area contributed by atoms with Crippen LogP contribution in [0.4, 0.5) is 0 Å². The van der Waals surface area contributed by atoms with Gasteiger partial charge in [0.1, 0.15) is 6.04 Å². The normalized spacial score (nSPS) is 15.4. The van der Waals surface area contributed by atoms with Crippen molar-refractivity contribution in [3.8, 4) is 0 Å². The molecule has 0 aromatic heterocycles. The first-order valence-corrected chi connectivity index (χ1v) is 11.7. The number of nitrogens with one attached hydrogen (secondary N) is 1. The van der Waals surface area contributed by atoms with Gasteiger partial charge in [-0.1, -0.05) is 72.3 Å². The SMILES string of the molecule is C[C@@H](C(=O)NC1CCCCC1)N(Cc1ccc(Cl)c(Cl)c1)C(=O)Cc1ccc(Cl)cc1. The molecule has 0 saturated heterocycles. The van der Waals surface area contributed by atoms with Crippen LogP contribution in [0.5, 0.6) is 0 Å². The summed E-state index contributed by atoms with van der Waals surface area (Å²) in [6, 6.07) is 12.0. The first-order chi connectivity index (χ1) is 14.8. The Kier molecular flexibility index (Phi) is 8.65. The molecular formula is C24H27Cl3N2O2. The summed E-state index contributed by atoms with van der Waals surface area (Å²) in [5.41, 5.74) is 1.66. The van der Waals surface area contributed by atoms with Crippen LogP contribution in [0.15, 0.2) is 42.5 Å². The fraction of sp³-hybridized carbons (Fsp3) is 0.417. The minimum absolute atomic E-state index is 0.128. The second-order valence-electron chi connectivity index (χ2n) is 8.09. The standard InChI is InChI=1S/C24H27Cl3N2O2/c1-16(24(31)28-20-5-3-2-4-6-20)29(15-18-9-12-21(26)22(27)13-18)23(30)14-17-7-10-19(25)11-8-17/h7-13,16,20H,2-6,14-15H2,1H3,(H,28,31)/t16-/m0/s1. The van der Waals surface area contributed by atoms with Crippen LogP contribution in [-0.2, 0) is 22.6 Å². The lowest BCUT2D eigenvalue weighted by molar-refractivity contribution is -0.140. The van der Waals surface area contributed by atoms with Gasteiger partial charge in [0.15, 0.2) is 0 Å². The van der Waals surface area contributed by atoms with Crippen LogP contribution in [0.1, 0.15) is 50.2 Å². The Morgan fingerprint density at radius 1 is 0.968 bits per heavy atom. The summed E-state index contributed by atoms with van der Waals surface area (Å²) in [6.07, 6.45) is 5.63. The van der Waals surface area contributed by atoms with Gasteiger partial charge in [-0.3, -0.25) is 9.59 Å². The zero-order chi connectivity index (χ0) is 22.4. The van der Waals surface area contributed by atoms with Gasteiger partial charge >= 0.3 is 0 Å². The van der Waals surface area contributed by atoms with Gasteiger partial charge in [-0.2, -0.15) is 0 Å². The molecular weight excluding hydrogens is 455 g/mol. The number of hydrogen-bond acceptors (Lipinski definition) is 2. The molecule has 0 radical (unpaired) electrons. The van der Waals surface area contributed by atoms with Gasteiger partial charge in [0, 0.05) is 17.6 Å². The summed E-state index contributed by atoms with van der Waals surface area (Å²) in [7, 11) is 0. The van der Waals surface area contributed by atoms with Crippen molar-refractivity contribution in [2.24, 2.45) is 0 Å². The Balaban J connectivity index is 1.77. The van der Waals surface area contributed by atoms with Crippen LogP contribution in [0.3, 0.4) is 0 Å². The highest BCUT2D eigenvalue weighted by Gasteiger charge is 2.28. The van der Waals surface area contributed by atoms with Crippen molar-refractivity contribution in [1.82, 2.24) is 10.2 Å². The molecule has 1 aliphatic carbocycles. The zero-order valence-corrected chi connectivity index (χ0v) is 19.8. The van der Waals surface area contributed by atoms with Crippen molar-refractivity contribution in [3.63, 3.8) is 0 Å². The predicted molar refractivity (Wildman–Crippen MR) is 127 cm³/mol. The number of halogens is 3. The Morgan fingerprint density at radius 3 is 2.26 bits per heavy atom. The number of rotatable bonds is 7. The molecule has 31 heavy (non-hydrogen) atoms. The summed E-state index contributed by atoms with van der Waals surface area (Å²) in [6.45, 7) is 2.04. The molecule has 1 N–H and O–H groups in total. The Morgan fingerprint density at radius 2 is 1.61 bits per heavy atom. The summed E-state index contributed by atoms with van der Waals surface area (Å²) in [4.78, 5) is 27.8. The molecule has 0 spiro atoms. The molecule has 0 aliphatic heterocycles. The van der Waals surface area contributed by atoms with Gasteiger partial charge in [0.05, 0.1) is 16.5 Å². The van der Waals surface area contributed by atoms with Crippen molar-refractivity contribution in [2.75, 3.05) is 0 Å². The lowest BCUT2D eigenvalue weighted by atomic mass is 9.95. The average molecular weight is 482 g/mol. The fourth-order valence-corrected chi connectivity index (χ4v) is 4.31. The molecule has 1 saturated carbocycles.